The fourth-order valence-electron chi connectivity index (χ4n) is 3.54. The Morgan fingerprint density at radius 2 is 1.57 bits per heavy atom. The van der Waals surface area contributed by atoms with Gasteiger partial charge in [0, 0.05) is 37.9 Å². The number of anilines is 1. The summed E-state index contributed by atoms with van der Waals surface area (Å²) < 4.78 is 1.83. The van der Waals surface area contributed by atoms with Gasteiger partial charge in [0.15, 0.2) is 11.6 Å². The van der Waals surface area contributed by atoms with Crippen LogP contribution in [0.1, 0.15) is 22.5 Å². The number of benzene rings is 1. The Morgan fingerprint density at radius 1 is 0.900 bits per heavy atom. The van der Waals surface area contributed by atoms with Gasteiger partial charge in [0.1, 0.15) is 0 Å². The quantitative estimate of drug-likeness (QED) is 0.628. The first kappa shape index (κ1) is 19.8. The van der Waals surface area contributed by atoms with Gasteiger partial charge in [-0.3, -0.25) is 4.79 Å². The fourth-order valence-corrected chi connectivity index (χ4v) is 3.54. The molecule has 3 aromatic rings. The predicted octanol–water partition coefficient (Wildman–Crippen LogP) is 2.95. The predicted molar refractivity (Wildman–Crippen MR) is 118 cm³/mol. The third kappa shape index (κ3) is 4.10. The van der Waals surface area contributed by atoms with Gasteiger partial charge < -0.3 is 9.80 Å². The van der Waals surface area contributed by atoms with Gasteiger partial charge in [-0.2, -0.15) is 5.10 Å². The Morgan fingerprint density at radius 3 is 2.17 bits per heavy atom. The van der Waals surface area contributed by atoms with Crippen LogP contribution in [-0.2, 0) is 4.79 Å². The Bertz CT molecular complexity index is 1050. The van der Waals surface area contributed by atoms with Crippen molar-refractivity contribution < 1.29 is 4.79 Å². The Kier molecular flexibility index (Phi) is 5.61. The van der Waals surface area contributed by atoms with Gasteiger partial charge in [0.05, 0.1) is 5.69 Å². The standard InChI is InChI=1S/C23H26N6O/c1-17-18(2)26-29(19(17)3)22-11-10-21(24-25-22)27-13-15-28(16-14-27)23(30)12-9-20-7-5-4-6-8-20/h4-12H,13-16H2,1-3H3/b12-9+. The van der Waals surface area contributed by atoms with Crippen molar-refractivity contribution in [2.45, 2.75) is 20.8 Å². The third-order valence-corrected chi connectivity index (χ3v) is 5.64. The highest BCUT2D eigenvalue weighted by atomic mass is 16.2. The van der Waals surface area contributed by atoms with Crippen LogP contribution in [0.4, 0.5) is 5.82 Å². The third-order valence-electron chi connectivity index (χ3n) is 5.64. The molecule has 1 saturated heterocycles. The molecular weight excluding hydrogens is 376 g/mol. The van der Waals surface area contributed by atoms with Crippen molar-refractivity contribution in [2.24, 2.45) is 0 Å². The normalized spacial score (nSPS) is 14.5. The molecule has 0 bridgehead atoms. The topological polar surface area (TPSA) is 67.2 Å². The van der Waals surface area contributed by atoms with E-state index in [4.69, 9.17) is 0 Å². The second-order valence-electron chi connectivity index (χ2n) is 7.51. The van der Waals surface area contributed by atoms with E-state index < -0.39 is 0 Å². The number of carbonyl (C=O) groups is 1. The molecule has 1 fully saturated rings. The van der Waals surface area contributed by atoms with E-state index in [2.05, 4.69) is 27.1 Å². The van der Waals surface area contributed by atoms with Gasteiger partial charge in [0.25, 0.3) is 0 Å². The van der Waals surface area contributed by atoms with Crippen LogP contribution in [0.5, 0.6) is 0 Å². The highest BCUT2D eigenvalue weighted by Gasteiger charge is 2.21. The lowest BCUT2D eigenvalue weighted by Gasteiger charge is -2.34. The summed E-state index contributed by atoms with van der Waals surface area (Å²) >= 11 is 0. The monoisotopic (exact) mass is 402 g/mol. The zero-order valence-corrected chi connectivity index (χ0v) is 17.6. The van der Waals surface area contributed by atoms with Crippen molar-refractivity contribution in [2.75, 3.05) is 31.1 Å². The molecule has 1 aromatic carbocycles. The lowest BCUT2D eigenvalue weighted by molar-refractivity contribution is -0.126. The molecule has 0 N–H and O–H groups in total. The summed E-state index contributed by atoms with van der Waals surface area (Å²) in [7, 11) is 0. The number of carbonyl (C=O) groups excluding carboxylic acids is 1. The first-order valence-electron chi connectivity index (χ1n) is 10.2. The summed E-state index contributed by atoms with van der Waals surface area (Å²) in [6.07, 6.45) is 3.51. The summed E-state index contributed by atoms with van der Waals surface area (Å²) in [6.45, 7) is 8.89. The van der Waals surface area contributed by atoms with E-state index in [0.717, 1.165) is 35.9 Å². The van der Waals surface area contributed by atoms with Crippen LogP contribution < -0.4 is 4.90 Å². The van der Waals surface area contributed by atoms with E-state index in [1.54, 1.807) is 6.08 Å². The summed E-state index contributed by atoms with van der Waals surface area (Å²) in [4.78, 5) is 16.5. The van der Waals surface area contributed by atoms with Crippen molar-refractivity contribution in [3.63, 3.8) is 0 Å². The number of amides is 1. The van der Waals surface area contributed by atoms with E-state index in [1.165, 1.54) is 5.56 Å². The molecule has 0 saturated carbocycles. The fraction of sp³-hybridized carbons (Fsp3) is 0.304. The summed E-state index contributed by atoms with van der Waals surface area (Å²) in [5.41, 5.74) is 4.27. The van der Waals surface area contributed by atoms with Gasteiger partial charge in [-0.25, -0.2) is 4.68 Å². The molecule has 2 aromatic heterocycles. The van der Waals surface area contributed by atoms with Crippen molar-refractivity contribution in [1.82, 2.24) is 24.9 Å². The van der Waals surface area contributed by atoms with Gasteiger partial charge in [-0.1, -0.05) is 30.3 Å². The van der Waals surface area contributed by atoms with Crippen molar-refractivity contribution in [3.05, 3.63) is 71.1 Å². The van der Waals surface area contributed by atoms with Gasteiger partial charge >= 0.3 is 0 Å². The average molecular weight is 403 g/mol. The SMILES string of the molecule is Cc1nn(-c2ccc(N3CCN(C(=O)/C=C/c4ccccc4)CC3)nn2)c(C)c1C. The largest absolute Gasteiger partial charge is 0.352 e. The minimum absolute atomic E-state index is 0.0415. The first-order chi connectivity index (χ1) is 14.5. The molecule has 1 aliphatic heterocycles. The number of rotatable bonds is 4. The maximum Gasteiger partial charge on any atom is 0.246 e. The van der Waals surface area contributed by atoms with Crippen molar-refractivity contribution in [3.8, 4) is 5.82 Å². The smallest absolute Gasteiger partial charge is 0.246 e. The molecule has 0 atom stereocenters. The Hall–Kier alpha value is -3.48. The Labute approximate surface area is 176 Å². The number of hydrogen-bond acceptors (Lipinski definition) is 5. The summed E-state index contributed by atoms with van der Waals surface area (Å²) in [6, 6.07) is 13.8. The van der Waals surface area contributed by atoms with Crippen LogP contribution in [0.25, 0.3) is 11.9 Å². The van der Waals surface area contributed by atoms with Crippen LogP contribution in [0.3, 0.4) is 0 Å². The van der Waals surface area contributed by atoms with E-state index in [0.29, 0.717) is 18.9 Å². The van der Waals surface area contributed by atoms with Crippen LogP contribution in [0.15, 0.2) is 48.5 Å². The Balaban J connectivity index is 1.36. The number of piperazine rings is 1. The molecule has 0 spiro atoms. The van der Waals surface area contributed by atoms with E-state index >= 15 is 0 Å². The zero-order chi connectivity index (χ0) is 21.1. The highest BCUT2D eigenvalue weighted by molar-refractivity contribution is 5.91. The van der Waals surface area contributed by atoms with Crippen LogP contribution in [0.2, 0.25) is 0 Å². The zero-order valence-electron chi connectivity index (χ0n) is 17.6. The second-order valence-corrected chi connectivity index (χ2v) is 7.51. The molecule has 3 heterocycles. The van der Waals surface area contributed by atoms with Gasteiger partial charge in [0.2, 0.25) is 5.91 Å². The molecule has 0 radical (unpaired) electrons. The molecule has 154 valence electrons. The second kappa shape index (κ2) is 8.49. The summed E-state index contributed by atoms with van der Waals surface area (Å²) in [5, 5.41) is 13.3. The molecule has 1 amide bonds. The number of aromatic nitrogens is 4. The number of aryl methyl sites for hydroxylation is 1. The first-order valence-corrected chi connectivity index (χ1v) is 10.2. The van der Waals surface area contributed by atoms with Crippen molar-refractivity contribution >= 4 is 17.8 Å². The van der Waals surface area contributed by atoms with Crippen LogP contribution in [0, 0.1) is 20.8 Å². The lowest BCUT2D eigenvalue weighted by atomic mass is 10.2. The molecular formula is C23H26N6O. The summed E-state index contributed by atoms with van der Waals surface area (Å²) in [5.74, 6) is 1.58. The van der Waals surface area contributed by atoms with Gasteiger partial charge in [-0.05, 0) is 50.1 Å². The lowest BCUT2D eigenvalue weighted by Crippen LogP contribution is -2.48. The van der Waals surface area contributed by atoms with Gasteiger partial charge in [-0.15, -0.1) is 10.2 Å². The minimum atomic E-state index is 0.0415. The number of hydrogen-bond donors (Lipinski definition) is 0. The molecule has 7 nitrogen and oxygen atoms in total. The average Bonchev–Trinajstić information content (AvgIpc) is 3.05. The molecule has 30 heavy (non-hydrogen) atoms. The van der Waals surface area contributed by atoms with Crippen LogP contribution in [-0.4, -0.2) is 57.0 Å². The molecule has 0 aliphatic carbocycles. The number of nitrogens with zero attached hydrogens (tertiary/aromatic N) is 6. The van der Waals surface area contributed by atoms with Crippen LogP contribution >= 0.6 is 0 Å². The van der Waals surface area contributed by atoms with E-state index in [-0.39, 0.29) is 5.91 Å². The molecule has 7 heteroatoms. The molecule has 1 aliphatic rings. The van der Waals surface area contributed by atoms with E-state index in [9.17, 15) is 4.79 Å². The maximum atomic E-state index is 12.5. The minimum Gasteiger partial charge on any atom is -0.352 e. The molecule has 0 unspecified atom stereocenters. The highest BCUT2D eigenvalue weighted by Crippen LogP contribution is 2.18. The van der Waals surface area contributed by atoms with E-state index in [1.807, 2.05) is 72.0 Å². The van der Waals surface area contributed by atoms with Crippen molar-refractivity contribution in [1.29, 1.82) is 0 Å². The molecule has 4 rings (SSSR count). The maximum absolute atomic E-state index is 12.5.